The molecule has 0 aliphatic heterocycles. The molecule has 130 valence electrons. The van der Waals surface area contributed by atoms with E-state index in [1.165, 1.54) is 5.38 Å². The molecule has 1 unspecified atom stereocenters. The van der Waals surface area contributed by atoms with Gasteiger partial charge in [-0.25, -0.2) is 13.8 Å². The molecule has 2 aromatic rings. The first-order chi connectivity index (χ1) is 11.1. The molecule has 2 aromatic heterocycles. The number of nitrogens with zero attached hydrogens (tertiary/aromatic N) is 4. The second-order valence-corrected chi connectivity index (χ2v) is 6.57. The van der Waals surface area contributed by atoms with Gasteiger partial charge in [-0.15, -0.1) is 11.3 Å². The minimum Gasteiger partial charge on any atom is -0.368 e. The van der Waals surface area contributed by atoms with Gasteiger partial charge in [0.05, 0.1) is 0 Å². The lowest BCUT2D eigenvalue weighted by Crippen LogP contribution is -2.21. The Kier molecular flexibility index (Phi) is 4.06. The smallest absolute Gasteiger partial charge is 0.296 e. The third kappa shape index (κ3) is 3.71. The van der Waals surface area contributed by atoms with Gasteiger partial charge in [-0.3, -0.25) is 0 Å². The number of nitrogens with one attached hydrogen (secondary N) is 1. The van der Waals surface area contributed by atoms with E-state index >= 15 is 0 Å². The molecule has 1 aliphatic carbocycles. The highest BCUT2D eigenvalue weighted by molar-refractivity contribution is 7.10. The number of anilines is 2. The summed E-state index contributed by atoms with van der Waals surface area (Å²) in [6.07, 6.45) is -0.257. The zero-order valence-electron chi connectivity index (χ0n) is 12.6. The summed E-state index contributed by atoms with van der Waals surface area (Å²) < 4.78 is 53.0. The molecule has 0 saturated heterocycles. The minimum atomic E-state index is -3.07. The van der Waals surface area contributed by atoms with E-state index in [0.717, 1.165) is 18.3 Å². The lowest BCUT2D eigenvalue weighted by Gasteiger charge is -2.13. The molecule has 0 bridgehead atoms. The van der Waals surface area contributed by atoms with Crippen LogP contribution >= 0.6 is 11.3 Å². The molecule has 0 radical (unpaired) electrons. The Morgan fingerprint density at radius 3 is 2.62 bits per heavy atom. The number of thiazole rings is 1. The van der Waals surface area contributed by atoms with Crippen molar-refractivity contribution < 1.29 is 17.6 Å². The van der Waals surface area contributed by atoms with Gasteiger partial charge in [0.1, 0.15) is 5.69 Å². The van der Waals surface area contributed by atoms with Gasteiger partial charge >= 0.3 is 0 Å². The van der Waals surface area contributed by atoms with Crippen LogP contribution in [-0.2, 0) is 5.92 Å². The van der Waals surface area contributed by atoms with Crippen molar-refractivity contribution in [3.8, 4) is 11.5 Å². The highest BCUT2D eigenvalue weighted by Gasteiger charge is 2.39. The second-order valence-electron chi connectivity index (χ2n) is 5.71. The fraction of sp³-hybridized carbons (Fsp3) is 0.538. The Hall–Kier alpha value is -2.04. The molecule has 24 heavy (non-hydrogen) atoms. The maximum atomic E-state index is 13.3. The summed E-state index contributed by atoms with van der Waals surface area (Å²) in [7, 11) is 0. The van der Waals surface area contributed by atoms with Crippen molar-refractivity contribution in [1.82, 2.24) is 19.9 Å². The van der Waals surface area contributed by atoms with Gasteiger partial charge in [0, 0.05) is 31.2 Å². The quantitative estimate of drug-likeness (QED) is 0.812. The Morgan fingerprint density at radius 2 is 2.04 bits per heavy atom. The third-order valence-electron chi connectivity index (χ3n) is 3.50. The zero-order chi connectivity index (χ0) is 17.5. The van der Waals surface area contributed by atoms with Crippen LogP contribution in [-0.4, -0.2) is 31.9 Å². The molecule has 0 amide bonds. The Bertz CT molecular complexity index is 744. The Balaban J connectivity index is 1.83. The number of hydrogen-bond donors (Lipinski definition) is 2. The molecule has 6 nitrogen and oxygen atoms in total. The van der Waals surface area contributed by atoms with Crippen LogP contribution in [0.4, 0.5) is 29.5 Å². The summed E-state index contributed by atoms with van der Waals surface area (Å²) in [5.74, 6) is -5.89. The van der Waals surface area contributed by atoms with Crippen molar-refractivity contribution in [1.29, 1.82) is 0 Å². The average molecular weight is 362 g/mol. The lowest BCUT2D eigenvalue weighted by molar-refractivity contribution is 0.00846. The summed E-state index contributed by atoms with van der Waals surface area (Å²) in [6, 6.07) is -0.486. The van der Waals surface area contributed by atoms with Gasteiger partial charge < -0.3 is 11.1 Å². The molecule has 1 saturated carbocycles. The molecular weight excluding hydrogens is 348 g/mol. The topological polar surface area (TPSA) is 89.6 Å². The zero-order valence-corrected chi connectivity index (χ0v) is 13.4. The highest BCUT2D eigenvalue weighted by Crippen LogP contribution is 2.36. The lowest BCUT2D eigenvalue weighted by atomic mass is 10.2. The maximum Gasteiger partial charge on any atom is 0.296 e. The maximum absolute atomic E-state index is 13.3. The molecule has 3 rings (SSSR count). The van der Waals surface area contributed by atoms with Crippen LogP contribution in [0.25, 0.3) is 11.5 Å². The first-order valence-electron chi connectivity index (χ1n) is 7.12. The highest BCUT2D eigenvalue weighted by atomic mass is 32.1. The normalized spacial score (nSPS) is 20.3. The number of alkyl halides is 4. The van der Waals surface area contributed by atoms with E-state index in [4.69, 9.17) is 5.73 Å². The van der Waals surface area contributed by atoms with E-state index in [1.807, 2.05) is 0 Å². The molecule has 1 fully saturated rings. The predicted molar refractivity (Wildman–Crippen MR) is 81.1 cm³/mol. The van der Waals surface area contributed by atoms with Gasteiger partial charge in [0.25, 0.3) is 5.92 Å². The third-order valence-corrected chi connectivity index (χ3v) is 4.51. The summed E-state index contributed by atoms with van der Waals surface area (Å²) >= 11 is 0.774. The van der Waals surface area contributed by atoms with E-state index < -0.39 is 17.9 Å². The van der Waals surface area contributed by atoms with Crippen LogP contribution in [0.5, 0.6) is 0 Å². The SMILES string of the molecule is CC(F)(F)c1nc(-c2nc(N)nc(NC3CCC(F)(F)C3)n2)cs1. The van der Waals surface area contributed by atoms with Crippen LogP contribution in [0.1, 0.15) is 31.2 Å². The first-order valence-corrected chi connectivity index (χ1v) is 8.00. The van der Waals surface area contributed by atoms with E-state index in [9.17, 15) is 17.6 Å². The number of nitrogen functional groups attached to an aromatic ring is 1. The van der Waals surface area contributed by atoms with Crippen molar-refractivity contribution in [3.05, 3.63) is 10.4 Å². The first kappa shape index (κ1) is 16.8. The monoisotopic (exact) mass is 362 g/mol. The van der Waals surface area contributed by atoms with Crippen LogP contribution in [0, 0.1) is 0 Å². The van der Waals surface area contributed by atoms with Crippen molar-refractivity contribution >= 4 is 23.2 Å². The van der Waals surface area contributed by atoms with Crippen LogP contribution in [0.2, 0.25) is 0 Å². The van der Waals surface area contributed by atoms with E-state index in [1.54, 1.807) is 0 Å². The van der Waals surface area contributed by atoms with E-state index in [-0.39, 0.29) is 47.7 Å². The largest absolute Gasteiger partial charge is 0.368 e. The predicted octanol–water partition coefficient (Wildman–Crippen LogP) is 3.29. The van der Waals surface area contributed by atoms with E-state index in [2.05, 4.69) is 25.3 Å². The molecule has 2 heterocycles. The number of aromatic nitrogens is 4. The number of halogens is 4. The van der Waals surface area contributed by atoms with E-state index in [0.29, 0.717) is 0 Å². The average Bonchev–Trinajstić information content (AvgIpc) is 3.04. The van der Waals surface area contributed by atoms with Gasteiger partial charge in [-0.05, 0) is 6.42 Å². The minimum absolute atomic E-state index is 0.0153. The van der Waals surface area contributed by atoms with Gasteiger partial charge in [0.2, 0.25) is 17.8 Å². The number of nitrogens with two attached hydrogens (primary N) is 1. The van der Waals surface area contributed by atoms with Gasteiger partial charge in [-0.2, -0.15) is 23.7 Å². The summed E-state index contributed by atoms with van der Waals surface area (Å²) in [4.78, 5) is 15.6. The van der Waals surface area contributed by atoms with Crippen molar-refractivity contribution in [3.63, 3.8) is 0 Å². The van der Waals surface area contributed by atoms with Crippen molar-refractivity contribution in [2.45, 2.75) is 44.1 Å². The fourth-order valence-electron chi connectivity index (χ4n) is 2.41. The number of rotatable bonds is 4. The molecule has 1 aliphatic rings. The standard InChI is InChI=1S/C13H14F4N6S/c1-12(14,15)9-20-7(5-24-9)8-21-10(18)23-11(22-8)19-6-2-3-13(16,17)4-6/h5-6H,2-4H2,1H3,(H3,18,19,21,22,23). The van der Waals surface area contributed by atoms with Gasteiger partial charge in [-0.1, -0.05) is 0 Å². The molecule has 11 heteroatoms. The molecule has 0 aromatic carbocycles. The van der Waals surface area contributed by atoms with Crippen LogP contribution in [0.3, 0.4) is 0 Å². The van der Waals surface area contributed by atoms with Crippen LogP contribution in [0.15, 0.2) is 5.38 Å². The van der Waals surface area contributed by atoms with Gasteiger partial charge in [0.15, 0.2) is 10.8 Å². The Labute approximate surface area is 138 Å². The summed E-state index contributed by atoms with van der Waals surface area (Å²) in [5.41, 5.74) is 5.72. The summed E-state index contributed by atoms with van der Waals surface area (Å²) in [6.45, 7) is 0.741. The fourth-order valence-corrected chi connectivity index (χ4v) is 3.14. The summed E-state index contributed by atoms with van der Waals surface area (Å²) in [5, 5.41) is 3.80. The van der Waals surface area contributed by atoms with Crippen molar-refractivity contribution in [2.75, 3.05) is 11.1 Å². The van der Waals surface area contributed by atoms with Crippen molar-refractivity contribution in [2.24, 2.45) is 0 Å². The molecule has 3 N–H and O–H groups in total. The Morgan fingerprint density at radius 1 is 1.29 bits per heavy atom. The molecule has 1 atom stereocenters. The second kappa shape index (κ2) is 5.80. The van der Waals surface area contributed by atoms with Crippen LogP contribution < -0.4 is 11.1 Å². The molecule has 0 spiro atoms. The molecular formula is C13H14F4N6S. The number of hydrogen-bond acceptors (Lipinski definition) is 7.